The van der Waals surface area contributed by atoms with Crippen LogP contribution in [-0.2, 0) is 4.74 Å². The molecule has 2 N–H and O–H groups in total. The van der Waals surface area contributed by atoms with Crippen molar-refractivity contribution in [3.05, 3.63) is 17.7 Å². The van der Waals surface area contributed by atoms with Crippen LogP contribution in [0.3, 0.4) is 0 Å². The van der Waals surface area contributed by atoms with Gasteiger partial charge in [0.05, 0.1) is 6.61 Å². The largest absolute Gasteiger partial charge is 0.379 e. The second kappa shape index (κ2) is 8.68. The van der Waals surface area contributed by atoms with Crippen LogP contribution < -0.4 is 10.6 Å². The van der Waals surface area contributed by atoms with E-state index >= 15 is 0 Å². The van der Waals surface area contributed by atoms with E-state index in [0.29, 0.717) is 32.2 Å². The molecule has 6 heteroatoms. The summed E-state index contributed by atoms with van der Waals surface area (Å²) in [7, 11) is 0. The van der Waals surface area contributed by atoms with Crippen LogP contribution >= 0.6 is 0 Å². The summed E-state index contributed by atoms with van der Waals surface area (Å²) in [5.41, 5.74) is 0. The number of rotatable bonds is 9. The van der Waals surface area contributed by atoms with Crippen molar-refractivity contribution in [1.29, 1.82) is 0 Å². The number of ether oxygens (including phenoxy) is 1. The van der Waals surface area contributed by atoms with Gasteiger partial charge < -0.3 is 15.4 Å². The molecule has 0 aliphatic carbocycles. The van der Waals surface area contributed by atoms with Gasteiger partial charge in [-0.3, -0.25) is 0 Å². The predicted molar refractivity (Wildman–Crippen MR) is 77.1 cm³/mol. The molecule has 0 atom stereocenters. The van der Waals surface area contributed by atoms with E-state index in [1.54, 1.807) is 0 Å². The second-order valence-electron chi connectivity index (χ2n) is 4.97. The summed E-state index contributed by atoms with van der Waals surface area (Å²) in [5.74, 6) is -0.816. The average molecular weight is 287 g/mol. The van der Waals surface area contributed by atoms with Crippen LogP contribution in [0.25, 0.3) is 0 Å². The molecule has 1 heterocycles. The van der Waals surface area contributed by atoms with Crippen molar-refractivity contribution in [2.45, 2.75) is 27.2 Å². The molecule has 0 aliphatic heterocycles. The minimum absolute atomic E-state index is 0.0400. The van der Waals surface area contributed by atoms with Crippen molar-refractivity contribution in [2.24, 2.45) is 5.92 Å². The van der Waals surface area contributed by atoms with E-state index in [2.05, 4.69) is 29.5 Å². The number of anilines is 2. The Kier molecular flexibility index (Phi) is 7.22. The maximum absolute atomic E-state index is 13.6. The number of pyridine rings is 1. The van der Waals surface area contributed by atoms with Gasteiger partial charge in [-0.05, 0) is 12.3 Å². The molecule has 0 aromatic carbocycles. The zero-order chi connectivity index (χ0) is 15.0. The molecular formula is C14H23F2N3O. The summed E-state index contributed by atoms with van der Waals surface area (Å²) in [6, 6.07) is 0.836. The Morgan fingerprint density at radius 2 is 1.75 bits per heavy atom. The monoisotopic (exact) mass is 287 g/mol. The predicted octanol–water partition coefficient (Wildman–Crippen LogP) is 3.27. The first-order chi connectivity index (χ1) is 9.54. The Hall–Kier alpha value is -1.43. The van der Waals surface area contributed by atoms with Crippen molar-refractivity contribution in [1.82, 2.24) is 4.98 Å². The van der Waals surface area contributed by atoms with Crippen LogP contribution in [0.15, 0.2) is 6.07 Å². The maximum Gasteiger partial charge on any atom is 0.168 e. The van der Waals surface area contributed by atoms with Crippen molar-refractivity contribution in [2.75, 3.05) is 36.9 Å². The Labute approximate surface area is 118 Å². The zero-order valence-electron chi connectivity index (χ0n) is 12.3. The first kappa shape index (κ1) is 16.6. The lowest BCUT2D eigenvalue weighted by molar-refractivity contribution is 0.118. The van der Waals surface area contributed by atoms with Crippen LogP contribution in [0.2, 0.25) is 0 Å². The van der Waals surface area contributed by atoms with Gasteiger partial charge in [-0.15, -0.1) is 0 Å². The fraction of sp³-hybridized carbons (Fsp3) is 0.643. The van der Waals surface area contributed by atoms with Gasteiger partial charge in [0.15, 0.2) is 23.3 Å². The lowest BCUT2D eigenvalue weighted by Gasteiger charge is -2.11. The molecule has 4 nitrogen and oxygen atoms in total. The highest BCUT2D eigenvalue weighted by Crippen LogP contribution is 2.18. The number of aromatic nitrogens is 1. The molecule has 0 saturated heterocycles. The number of hydrogen-bond acceptors (Lipinski definition) is 4. The van der Waals surface area contributed by atoms with Crippen LogP contribution in [0, 0.1) is 17.6 Å². The van der Waals surface area contributed by atoms with Gasteiger partial charge >= 0.3 is 0 Å². The van der Waals surface area contributed by atoms with Gasteiger partial charge in [0, 0.05) is 25.8 Å². The van der Waals surface area contributed by atoms with Gasteiger partial charge in [0.1, 0.15) is 0 Å². The molecule has 0 saturated carbocycles. The smallest absolute Gasteiger partial charge is 0.168 e. The van der Waals surface area contributed by atoms with E-state index < -0.39 is 11.6 Å². The molecule has 0 aliphatic rings. The Morgan fingerprint density at radius 1 is 1.15 bits per heavy atom. The Bertz CT molecular complexity index is 414. The molecule has 1 aromatic rings. The molecule has 114 valence electrons. The number of nitrogens with zero attached hydrogens (tertiary/aromatic N) is 1. The Balaban J connectivity index is 2.51. The summed E-state index contributed by atoms with van der Waals surface area (Å²) in [5, 5.41) is 5.64. The molecular weight excluding hydrogens is 264 g/mol. The standard InChI is InChI=1S/C14H23F2N3O/c1-4-5-17-13-11(15)8-12(16)14(19-13)18-6-7-20-9-10(2)3/h8,10H,4-7,9H2,1-3H3,(H2,17,18,19). The van der Waals surface area contributed by atoms with Crippen LogP contribution in [0.5, 0.6) is 0 Å². The van der Waals surface area contributed by atoms with Gasteiger partial charge in [-0.25, -0.2) is 13.8 Å². The fourth-order valence-electron chi connectivity index (χ4n) is 1.52. The van der Waals surface area contributed by atoms with E-state index in [4.69, 9.17) is 4.74 Å². The summed E-state index contributed by atoms with van der Waals surface area (Å²) in [4.78, 5) is 3.91. The molecule has 0 fully saturated rings. The number of nitrogens with one attached hydrogen (secondary N) is 2. The lowest BCUT2D eigenvalue weighted by Crippen LogP contribution is -2.15. The van der Waals surface area contributed by atoms with Crippen LogP contribution in [-0.4, -0.2) is 31.3 Å². The quantitative estimate of drug-likeness (QED) is 0.684. The average Bonchev–Trinajstić information content (AvgIpc) is 2.39. The van der Waals surface area contributed by atoms with Crippen LogP contribution in [0.4, 0.5) is 20.4 Å². The maximum atomic E-state index is 13.6. The first-order valence-corrected chi connectivity index (χ1v) is 6.96. The fourth-order valence-corrected chi connectivity index (χ4v) is 1.52. The van der Waals surface area contributed by atoms with E-state index in [1.807, 2.05) is 6.92 Å². The van der Waals surface area contributed by atoms with Crippen molar-refractivity contribution >= 4 is 11.6 Å². The van der Waals surface area contributed by atoms with Crippen molar-refractivity contribution in [3.8, 4) is 0 Å². The lowest BCUT2D eigenvalue weighted by atomic mass is 10.2. The SMILES string of the molecule is CCCNc1nc(NCCOCC(C)C)c(F)cc1F. The van der Waals surface area contributed by atoms with E-state index in [0.717, 1.165) is 12.5 Å². The van der Waals surface area contributed by atoms with Crippen molar-refractivity contribution in [3.63, 3.8) is 0 Å². The summed E-state index contributed by atoms with van der Waals surface area (Å²) in [6.07, 6.45) is 0.838. The first-order valence-electron chi connectivity index (χ1n) is 6.96. The minimum Gasteiger partial charge on any atom is -0.379 e. The van der Waals surface area contributed by atoms with Gasteiger partial charge in [0.25, 0.3) is 0 Å². The number of hydrogen-bond donors (Lipinski definition) is 2. The van der Waals surface area contributed by atoms with E-state index in [9.17, 15) is 8.78 Å². The summed E-state index contributed by atoms with van der Waals surface area (Å²) >= 11 is 0. The molecule has 1 rings (SSSR count). The van der Waals surface area contributed by atoms with E-state index in [-0.39, 0.29) is 11.6 Å². The minimum atomic E-state index is -0.701. The van der Waals surface area contributed by atoms with Gasteiger partial charge in [-0.2, -0.15) is 0 Å². The third-order valence-electron chi connectivity index (χ3n) is 2.46. The topological polar surface area (TPSA) is 46.2 Å². The molecule has 0 amide bonds. The molecule has 0 unspecified atom stereocenters. The normalized spacial score (nSPS) is 10.9. The zero-order valence-corrected chi connectivity index (χ0v) is 12.3. The second-order valence-corrected chi connectivity index (χ2v) is 4.97. The molecule has 20 heavy (non-hydrogen) atoms. The molecule has 0 radical (unpaired) electrons. The van der Waals surface area contributed by atoms with E-state index in [1.165, 1.54) is 0 Å². The van der Waals surface area contributed by atoms with Crippen LogP contribution in [0.1, 0.15) is 27.2 Å². The Morgan fingerprint density at radius 3 is 2.30 bits per heavy atom. The molecule has 0 bridgehead atoms. The highest BCUT2D eigenvalue weighted by molar-refractivity contribution is 5.47. The molecule has 0 spiro atoms. The summed E-state index contributed by atoms with van der Waals surface area (Å²) in [6.45, 7) is 8.20. The summed E-state index contributed by atoms with van der Waals surface area (Å²) < 4.78 is 32.4. The molecule has 1 aromatic heterocycles. The van der Waals surface area contributed by atoms with Gasteiger partial charge in [-0.1, -0.05) is 20.8 Å². The third kappa shape index (κ3) is 5.69. The highest BCUT2D eigenvalue weighted by Gasteiger charge is 2.11. The highest BCUT2D eigenvalue weighted by atomic mass is 19.1. The van der Waals surface area contributed by atoms with Crippen molar-refractivity contribution < 1.29 is 13.5 Å². The third-order valence-corrected chi connectivity index (χ3v) is 2.46. The number of halogens is 2. The van der Waals surface area contributed by atoms with Gasteiger partial charge in [0.2, 0.25) is 0 Å².